The summed E-state index contributed by atoms with van der Waals surface area (Å²) in [5.41, 5.74) is 2.99. The highest BCUT2D eigenvalue weighted by Gasteiger charge is 2.24. The quantitative estimate of drug-likeness (QED) is 0.712. The molecule has 0 saturated heterocycles. The molecule has 15 heavy (non-hydrogen) atoms. The Morgan fingerprint density at radius 1 is 1.33 bits per heavy atom. The van der Waals surface area contributed by atoms with E-state index in [0.29, 0.717) is 0 Å². The van der Waals surface area contributed by atoms with E-state index in [1.165, 1.54) is 24.2 Å². The van der Waals surface area contributed by atoms with Crippen LogP contribution in [-0.2, 0) is 6.42 Å². The number of benzene rings is 1. The maximum absolute atomic E-state index is 2.52. The first kappa shape index (κ1) is 10.5. The van der Waals surface area contributed by atoms with Gasteiger partial charge in [0.2, 0.25) is 0 Å². The van der Waals surface area contributed by atoms with Gasteiger partial charge in [-0.3, -0.25) is 0 Å². The van der Waals surface area contributed by atoms with Crippen molar-refractivity contribution in [2.75, 3.05) is 18.0 Å². The lowest BCUT2D eigenvalue weighted by Gasteiger charge is -2.37. The Balaban J connectivity index is 2.30. The van der Waals surface area contributed by atoms with Gasteiger partial charge in [-0.1, -0.05) is 32.0 Å². The smallest absolute Gasteiger partial charge is 0.0398 e. The Hall–Kier alpha value is -0.980. The molecule has 1 aromatic carbocycles. The van der Waals surface area contributed by atoms with Gasteiger partial charge in [-0.15, -0.1) is 0 Å². The van der Waals surface area contributed by atoms with E-state index in [1.807, 2.05) is 0 Å². The van der Waals surface area contributed by atoms with E-state index in [9.17, 15) is 0 Å². The fourth-order valence-corrected chi connectivity index (χ4v) is 2.47. The number of para-hydroxylation sites is 1. The largest absolute Gasteiger partial charge is 0.371 e. The van der Waals surface area contributed by atoms with Crippen LogP contribution in [0, 0.1) is 11.8 Å². The third-order valence-corrected chi connectivity index (χ3v) is 3.59. The second-order valence-electron chi connectivity index (χ2n) is 4.88. The van der Waals surface area contributed by atoms with E-state index in [-0.39, 0.29) is 0 Å². The van der Waals surface area contributed by atoms with E-state index in [2.05, 4.69) is 49.9 Å². The number of rotatable bonds is 2. The highest BCUT2D eigenvalue weighted by Crippen LogP contribution is 2.32. The molecule has 0 saturated carbocycles. The van der Waals surface area contributed by atoms with E-state index >= 15 is 0 Å². The van der Waals surface area contributed by atoms with Crippen LogP contribution in [0.2, 0.25) is 0 Å². The van der Waals surface area contributed by atoms with Gasteiger partial charge in [-0.25, -0.2) is 0 Å². The summed E-state index contributed by atoms with van der Waals surface area (Å²) < 4.78 is 0. The van der Waals surface area contributed by atoms with Gasteiger partial charge in [-0.2, -0.15) is 0 Å². The molecule has 2 rings (SSSR count). The highest BCUT2D eigenvalue weighted by molar-refractivity contribution is 5.55. The Bertz CT molecular complexity index is 330. The van der Waals surface area contributed by atoms with Crippen molar-refractivity contribution in [1.29, 1.82) is 0 Å². The van der Waals surface area contributed by atoms with Crippen LogP contribution in [0.3, 0.4) is 0 Å². The number of fused-ring (bicyclic) bond motifs is 1. The summed E-state index contributed by atoms with van der Waals surface area (Å²) in [6.45, 7) is 9.28. The molecule has 1 unspecified atom stereocenters. The van der Waals surface area contributed by atoms with Crippen LogP contribution in [0.25, 0.3) is 0 Å². The molecule has 1 heterocycles. The van der Waals surface area contributed by atoms with Crippen molar-refractivity contribution in [2.24, 2.45) is 11.8 Å². The molecule has 1 aliphatic rings. The van der Waals surface area contributed by atoms with E-state index in [4.69, 9.17) is 0 Å². The Kier molecular flexibility index (Phi) is 2.99. The molecule has 0 amide bonds. The monoisotopic (exact) mass is 203 g/mol. The second kappa shape index (κ2) is 4.26. The second-order valence-corrected chi connectivity index (χ2v) is 4.88. The maximum atomic E-state index is 2.52. The van der Waals surface area contributed by atoms with Gasteiger partial charge in [0.25, 0.3) is 0 Å². The zero-order valence-electron chi connectivity index (χ0n) is 10.0. The average molecular weight is 203 g/mol. The molecule has 1 heteroatoms. The summed E-state index contributed by atoms with van der Waals surface area (Å²) in [5, 5.41) is 0. The van der Waals surface area contributed by atoms with E-state index < -0.39 is 0 Å². The predicted molar refractivity (Wildman–Crippen MR) is 66.4 cm³/mol. The molecule has 0 aliphatic carbocycles. The van der Waals surface area contributed by atoms with Crippen LogP contribution >= 0.6 is 0 Å². The van der Waals surface area contributed by atoms with Crippen LogP contribution in [0.5, 0.6) is 0 Å². The van der Waals surface area contributed by atoms with Gasteiger partial charge in [-0.05, 0) is 36.8 Å². The molecule has 0 fully saturated rings. The van der Waals surface area contributed by atoms with Crippen molar-refractivity contribution in [3.05, 3.63) is 29.8 Å². The first-order valence-electron chi connectivity index (χ1n) is 6.05. The Labute approximate surface area is 93.1 Å². The fraction of sp³-hybridized carbons (Fsp3) is 0.571. The number of hydrogen-bond acceptors (Lipinski definition) is 1. The van der Waals surface area contributed by atoms with Crippen LogP contribution in [0.15, 0.2) is 24.3 Å². The van der Waals surface area contributed by atoms with Crippen molar-refractivity contribution < 1.29 is 0 Å². The summed E-state index contributed by atoms with van der Waals surface area (Å²) in [7, 11) is 0. The van der Waals surface area contributed by atoms with Gasteiger partial charge < -0.3 is 4.90 Å². The van der Waals surface area contributed by atoms with Gasteiger partial charge in [0.15, 0.2) is 0 Å². The van der Waals surface area contributed by atoms with Crippen molar-refractivity contribution in [2.45, 2.75) is 27.2 Å². The molecule has 1 nitrogen and oxygen atoms in total. The molecule has 0 spiro atoms. The van der Waals surface area contributed by atoms with Crippen LogP contribution in [0.1, 0.15) is 26.3 Å². The SMILES string of the molecule is CCN1CC(C(C)C)Cc2ccccc21. The zero-order valence-corrected chi connectivity index (χ0v) is 10.0. The summed E-state index contributed by atoms with van der Waals surface area (Å²) in [4.78, 5) is 2.52. The van der Waals surface area contributed by atoms with Crippen LogP contribution < -0.4 is 4.90 Å². The number of anilines is 1. The summed E-state index contributed by atoms with van der Waals surface area (Å²) in [6.07, 6.45) is 1.25. The molecule has 1 atom stereocenters. The standard InChI is InChI=1S/C14H21N/c1-4-15-10-13(11(2)3)9-12-7-5-6-8-14(12)15/h5-8,11,13H,4,9-10H2,1-3H3. The van der Waals surface area contributed by atoms with Crippen molar-refractivity contribution in [3.8, 4) is 0 Å². The minimum absolute atomic E-state index is 0.785. The van der Waals surface area contributed by atoms with Crippen molar-refractivity contribution >= 4 is 5.69 Å². The molecule has 82 valence electrons. The van der Waals surface area contributed by atoms with Gasteiger partial charge >= 0.3 is 0 Å². The molecule has 0 bridgehead atoms. The molecule has 1 aliphatic heterocycles. The van der Waals surface area contributed by atoms with Gasteiger partial charge in [0.05, 0.1) is 0 Å². The lowest BCUT2D eigenvalue weighted by atomic mass is 9.85. The minimum atomic E-state index is 0.785. The summed E-state index contributed by atoms with van der Waals surface area (Å²) >= 11 is 0. The molecule has 0 N–H and O–H groups in total. The van der Waals surface area contributed by atoms with Crippen LogP contribution in [-0.4, -0.2) is 13.1 Å². The number of nitrogens with zero attached hydrogens (tertiary/aromatic N) is 1. The zero-order chi connectivity index (χ0) is 10.8. The third-order valence-electron chi connectivity index (χ3n) is 3.59. The van der Waals surface area contributed by atoms with E-state index in [0.717, 1.165) is 18.4 Å². The topological polar surface area (TPSA) is 3.24 Å². The van der Waals surface area contributed by atoms with Crippen molar-refractivity contribution in [1.82, 2.24) is 0 Å². The van der Waals surface area contributed by atoms with Gasteiger partial charge in [0, 0.05) is 18.8 Å². The van der Waals surface area contributed by atoms with E-state index in [1.54, 1.807) is 0 Å². The average Bonchev–Trinajstić information content (AvgIpc) is 2.27. The first-order valence-corrected chi connectivity index (χ1v) is 6.05. The molecular formula is C14H21N. The predicted octanol–water partition coefficient (Wildman–Crippen LogP) is 3.34. The van der Waals surface area contributed by atoms with Crippen molar-refractivity contribution in [3.63, 3.8) is 0 Å². The Morgan fingerprint density at radius 2 is 2.07 bits per heavy atom. The molecular weight excluding hydrogens is 182 g/mol. The van der Waals surface area contributed by atoms with Crippen LogP contribution in [0.4, 0.5) is 5.69 Å². The summed E-state index contributed by atoms with van der Waals surface area (Å²) in [6, 6.07) is 8.86. The molecule has 0 aromatic heterocycles. The lowest BCUT2D eigenvalue weighted by Crippen LogP contribution is -2.37. The molecule has 1 aromatic rings. The maximum Gasteiger partial charge on any atom is 0.0398 e. The third kappa shape index (κ3) is 2.01. The first-order chi connectivity index (χ1) is 7.22. The number of hydrogen-bond donors (Lipinski definition) is 0. The Morgan fingerprint density at radius 3 is 2.73 bits per heavy atom. The summed E-state index contributed by atoms with van der Waals surface area (Å²) in [5.74, 6) is 1.60. The highest BCUT2D eigenvalue weighted by atomic mass is 15.1. The van der Waals surface area contributed by atoms with Gasteiger partial charge in [0.1, 0.15) is 0 Å². The lowest BCUT2D eigenvalue weighted by molar-refractivity contribution is 0.370. The fourth-order valence-electron chi connectivity index (χ4n) is 2.47. The molecule has 0 radical (unpaired) electrons. The minimum Gasteiger partial charge on any atom is -0.371 e. The normalized spacial score (nSPS) is 20.5.